The average molecular weight is 341 g/mol. The second kappa shape index (κ2) is 6.76. The quantitative estimate of drug-likeness (QED) is 0.732. The van der Waals surface area contributed by atoms with Crippen molar-refractivity contribution in [3.8, 4) is 23.0 Å². The van der Waals surface area contributed by atoms with E-state index in [2.05, 4.69) is 33.9 Å². The van der Waals surface area contributed by atoms with Crippen LogP contribution >= 0.6 is 0 Å². The van der Waals surface area contributed by atoms with Gasteiger partial charge in [0, 0.05) is 12.5 Å². The first kappa shape index (κ1) is 16.7. The first-order valence-electron chi connectivity index (χ1n) is 7.91. The fourth-order valence-electron chi connectivity index (χ4n) is 2.54. The molecule has 0 amide bonds. The van der Waals surface area contributed by atoms with Gasteiger partial charge in [-0.3, -0.25) is 9.78 Å². The molecule has 3 rings (SSSR count). The summed E-state index contributed by atoms with van der Waals surface area (Å²) in [7, 11) is 1.57. The van der Waals surface area contributed by atoms with Crippen LogP contribution in [0.5, 0.6) is 5.75 Å². The van der Waals surface area contributed by atoms with E-state index in [1.54, 1.807) is 11.8 Å². The molecule has 2 heterocycles. The number of benzene rings is 1. The predicted octanol–water partition coefficient (Wildman–Crippen LogP) is 1.52. The molecule has 8 nitrogen and oxygen atoms in total. The Morgan fingerprint density at radius 3 is 2.64 bits per heavy atom. The summed E-state index contributed by atoms with van der Waals surface area (Å²) in [5, 5.41) is 4.56. The Hall–Kier alpha value is -3.16. The van der Waals surface area contributed by atoms with Gasteiger partial charge in [0.05, 0.1) is 12.8 Å². The molecular formula is C17H19N5O3. The zero-order valence-corrected chi connectivity index (χ0v) is 14.2. The first-order valence-corrected chi connectivity index (χ1v) is 7.91. The summed E-state index contributed by atoms with van der Waals surface area (Å²) in [6.45, 7) is 4.14. The third-order valence-electron chi connectivity index (χ3n) is 3.56. The molecular weight excluding hydrogens is 322 g/mol. The molecule has 0 spiro atoms. The van der Waals surface area contributed by atoms with E-state index in [1.807, 2.05) is 24.3 Å². The molecule has 0 fully saturated rings. The van der Waals surface area contributed by atoms with Crippen LogP contribution in [0.25, 0.3) is 17.2 Å². The van der Waals surface area contributed by atoms with Crippen LogP contribution in [0.4, 0.5) is 0 Å². The monoisotopic (exact) mass is 341 g/mol. The Bertz CT molecular complexity index is 972. The van der Waals surface area contributed by atoms with Gasteiger partial charge in [-0.25, -0.2) is 14.5 Å². The smallest absolute Gasteiger partial charge is 0.326 e. The van der Waals surface area contributed by atoms with Crippen molar-refractivity contribution in [2.24, 2.45) is 5.92 Å². The Morgan fingerprint density at radius 1 is 1.20 bits per heavy atom. The van der Waals surface area contributed by atoms with E-state index in [9.17, 15) is 9.59 Å². The first-order chi connectivity index (χ1) is 12.0. The van der Waals surface area contributed by atoms with Crippen LogP contribution in [0.2, 0.25) is 0 Å². The number of H-pyrrole nitrogens is 2. The molecule has 130 valence electrons. The van der Waals surface area contributed by atoms with Crippen LogP contribution in [0.1, 0.15) is 19.7 Å². The summed E-state index contributed by atoms with van der Waals surface area (Å²) < 4.78 is 6.98. The molecule has 0 bridgehead atoms. The van der Waals surface area contributed by atoms with E-state index in [0.717, 1.165) is 0 Å². The van der Waals surface area contributed by atoms with Gasteiger partial charge in [0.15, 0.2) is 11.6 Å². The Morgan fingerprint density at radius 2 is 1.96 bits per heavy atom. The van der Waals surface area contributed by atoms with Gasteiger partial charge >= 0.3 is 5.69 Å². The number of nitrogens with one attached hydrogen (secondary N) is 2. The number of para-hydroxylation sites is 2. The average Bonchev–Trinajstić information content (AvgIpc) is 2.96. The van der Waals surface area contributed by atoms with Crippen molar-refractivity contribution >= 4 is 0 Å². The highest BCUT2D eigenvalue weighted by molar-refractivity contribution is 5.56. The minimum Gasteiger partial charge on any atom is -0.494 e. The molecule has 0 unspecified atom stereocenters. The minimum atomic E-state index is -0.595. The summed E-state index contributed by atoms with van der Waals surface area (Å²) in [6.07, 6.45) is 0.669. The van der Waals surface area contributed by atoms with Crippen molar-refractivity contribution in [2.75, 3.05) is 7.11 Å². The van der Waals surface area contributed by atoms with Gasteiger partial charge in [0.1, 0.15) is 11.4 Å². The second-order valence-corrected chi connectivity index (χ2v) is 6.03. The lowest BCUT2D eigenvalue weighted by atomic mass is 10.1. The number of methoxy groups -OCH3 is 1. The fraction of sp³-hybridized carbons (Fsp3) is 0.294. The highest BCUT2D eigenvalue weighted by Crippen LogP contribution is 2.26. The number of aromatic nitrogens is 5. The zero-order valence-electron chi connectivity index (χ0n) is 14.2. The highest BCUT2D eigenvalue weighted by atomic mass is 16.5. The molecule has 2 aromatic heterocycles. The Kier molecular flexibility index (Phi) is 4.51. The van der Waals surface area contributed by atoms with Gasteiger partial charge in [-0.2, -0.15) is 5.10 Å². The Balaban J connectivity index is 2.24. The number of hydrogen-bond donors (Lipinski definition) is 2. The lowest BCUT2D eigenvalue weighted by Gasteiger charge is -2.10. The molecule has 3 aromatic rings. The Labute approximate surface area is 143 Å². The number of rotatable bonds is 5. The van der Waals surface area contributed by atoms with Crippen molar-refractivity contribution < 1.29 is 4.74 Å². The van der Waals surface area contributed by atoms with Crippen molar-refractivity contribution in [3.63, 3.8) is 0 Å². The molecule has 0 aliphatic rings. The van der Waals surface area contributed by atoms with Crippen molar-refractivity contribution in [2.45, 2.75) is 20.3 Å². The lowest BCUT2D eigenvalue weighted by Crippen LogP contribution is -2.22. The maximum Gasteiger partial charge on any atom is 0.326 e. The van der Waals surface area contributed by atoms with E-state index >= 15 is 0 Å². The molecule has 2 N–H and O–H groups in total. The molecule has 0 atom stereocenters. The molecule has 0 saturated carbocycles. The summed E-state index contributed by atoms with van der Waals surface area (Å²) in [5.74, 6) is 1.97. The van der Waals surface area contributed by atoms with E-state index in [1.165, 1.54) is 6.07 Å². The number of ether oxygens (including phenoxy) is 1. The van der Waals surface area contributed by atoms with Gasteiger partial charge < -0.3 is 9.72 Å². The van der Waals surface area contributed by atoms with E-state index in [-0.39, 0.29) is 0 Å². The van der Waals surface area contributed by atoms with Gasteiger partial charge in [0.2, 0.25) is 0 Å². The van der Waals surface area contributed by atoms with Gasteiger partial charge in [-0.05, 0) is 18.1 Å². The van der Waals surface area contributed by atoms with Crippen molar-refractivity contribution in [3.05, 3.63) is 57.0 Å². The summed E-state index contributed by atoms with van der Waals surface area (Å²) >= 11 is 0. The van der Waals surface area contributed by atoms with Crippen LogP contribution in [-0.2, 0) is 6.42 Å². The molecule has 0 aliphatic carbocycles. The van der Waals surface area contributed by atoms with E-state index < -0.39 is 11.2 Å². The van der Waals surface area contributed by atoms with Crippen LogP contribution < -0.4 is 16.0 Å². The van der Waals surface area contributed by atoms with Gasteiger partial charge in [0.25, 0.3) is 5.56 Å². The maximum atomic E-state index is 11.7. The van der Waals surface area contributed by atoms with Crippen LogP contribution in [0.15, 0.2) is 39.9 Å². The summed E-state index contributed by atoms with van der Waals surface area (Å²) in [6, 6.07) is 8.64. The highest BCUT2D eigenvalue weighted by Gasteiger charge is 2.18. The normalized spacial score (nSPS) is 11.0. The molecule has 0 saturated heterocycles. The van der Waals surface area contributed by atoms with Gasteiger partial charge in [-0.15, -0.1) is 0 Å². The molecule has 0 radical (unpaired) electrons. The van der Waals surface area contributed by atoms with Crippen LogP contribution in [0.3, 0.4) is 0 Å². The number of nitrogens with zero attached hydrogens (tertiary/aromatic N) is 3. The molecule has 1 aromatic carbocycles. The largest absolute Gasteiger partial charge is 0.494 e. The maximum absolute atomic E-state index is 11.7. The summed E-state index contributed by atoms with van der Waals surface area (Å²) in [4.78, 5) is 32.6. The van der Waals surface area contributed by atoms with Crippen molar-refractivity contribution in [1.29, 1.82) is 0 Å². The van der Waals surface area contributed by atoms with Crippen LogP contribution in [0, 0.1) is 5.92 Å². The molecule has 0 aliphatic heterocycles. The summed E-state index contributed by atoms with van der Waals surface area (Å²) in [5.41, 5.74) is -0.132. The second-order valence-electron chi connectivity index (χ2n) is 6.03. The third-order valence-corrected chi connectivity index (χ3v) is 3.56. The lowest BCUT2D eigenvalue weighted by molar-refractivity contribution is 0.411. The van der Waals surface area contributed by atoms with Crippen molar-refractivity contribution in [1.82, 2.24) is 24.7 Å². The fourth-order valence-corrected chi connectivity index (χ4v) is 2.54. The third kappa shape index (κ3) is 3.52. The zero-order chi connectivity index (χ0) is 18.0. The predicted molar refractivity (Wildman–Crippen MR) is 93.1 cm³/mol. The number of aromatic amines is 2. The van der Waals surface area contributed by atoms with Gasteiger partial charge in [-0.1, -0.05) is 26.0 Å². The number of hydrogen-bond acceptors (Lipinski definition) is 5. The standard InChI is InChI=1S/C17H19N5O3/c1-10(2)8-14-19-16(11-9-15(23)20-17(24)18-11)22(21-14)12-6-4-5-7-13(12)25-3/h4-7,9-10H,8H2,1-3H3,(H2,18,20,23,24). The topological polar surface area (TPSA) is 106 Å². The van der Waals surface area contributed by atoms with E-state index in [0.29, 0.717) is 41.1 Å². The minimum absolute atomic E-state index is 0.294. The molecule has 25 heavy (non-hydrogen) atoms. The SMILES string of the molecule is COc1ccccc1-n1nc(CC(C)C)nc1-c1cc(=O)[nH]c(=O)[nH]1. The van der Waals surface area contributed by atoms with E-state index in [4.69, 9.17) is 4.74 Å². The molecule has 8 heteroatoms. The van der Waals surface area contributed by atoms with Crippen LogP contribution in [-0.4, -0.2) is 31.8 Å².